The minimum Gasteiger partial charge on any atom is -0.490 e. The van der Waals surface area contributed by atoms with Crippen LogP contribution >= 0.6 is 38.9 Å². The molecule has 1 aliphatic heterocycles. The number of carbonyl (C=O) groups excluding carboxylic acids is 2. The van der Waals surface area contributed by atoms with Crippen molar-refractivity contribution in [2.45, 2.75) is 13.3 Å². The minimum atomic E-state index is -0.582. The van der Waals surface area contributed by atoms with Crippen molar-refractivity contribution in [3.8, 4) is 11.5 Å². The second-order valence-electron chi connectivity index (χ2n) is 8.00. The van der Waals surface area contributed by atoms with Crippen LogP contribution in [0.4, 0.5) is 0 Å². The van der Waals surface area contributed by atoms with E-state index in [1.807, 2.05) is 55.5 Å². The third-order valence-electron chi connectivity index (χ3n) is 5.39. The van der Waals surface area contributed by atoms with Crippen LogP contribution in [0.1, 0.15) is 22.9 Å². The van der Waals surface area contributed by atoms with Gasteiger partial charge in [-0.2, -0.15) is 0 Å². The van der Waals surface area contributed by atoms with Crippen LogP contribution in [0.15, 0.2) is 81.9 Å². The Balaban J connectivity index is 1.39. The molecule has 1 aromatic heterocycles. The van der Waals surface area contributed by atoms with Gasteiger partial charge in [0.25, 0.3) is 0 Å². The van der Waals surface area contributed by atoms with Crippen molar-refractivity contribution in [3.63, 3.8) is 0 Å². The third kappa shape index (κ3) is 5.61. The van der Waals surface area contributed by atoms with E-state index in [1.54, 1.807) is 24.3 Å². The number of halogens is 2. The Morgan fingerprint density at radius 3 is 2.70 bits per heavy atom. The first-order chi connectivity index (χ1) is 17.9. The van der Waals surface area contributed by atoms with Gasteiger partial charge in [-0.1, -0.05) is 70.0 Å². The molecule has 0 N–H and O–H groups in total. The molecule has 0 radical (unpaired) electrons. The highest BCUT2D eigenvalue weighted by atomic mass is 79.9. The highest BCUT2D eigenvalue weighted by Gasteiger charge is 2.28. The summed E-state index contributed by atoms with van der Waals surface area (Å²) in [6.07, 6.45) is 1.73. The molecule has 4 aromatic rings. The number of ether oxygens (including phenoxy) is 3. The normalized spacial score (nSPS) is 14.1. The predicted octanol–water partition coefficient (Wildman–Crippen LogP) is 7.21. The summed E-state index contributed by atoms with van der Waals surface area (Å²) < 4.78 is 18.6. The molecule has 9 heteroatoms. The van der Waals surface area contributed by atoms with Gasteiger partial charge in [-0.25, -0.2) is 9.79 Å². The fraction of sp³-hybridized carbons (Fsp3) is 0.107. The highest BCUT2D eigenvalue weighted by Crippen LogP contribution is 2.39. The van der Waals surface area contributed by atoms with E-state index in [0.29, 0.717) is 33.6 Å². The zero-order valence-electron chi connectivity index (χ0n) is 19.5. The molecule has 1 aliphatic rings. The molecule has 0 atom stereocenters. The molecular weight excluding hydrogens is 578 g/mol. The fourth-order valence-corrected chi connectivity index (χ4v) is 5.72. The van der Waals surface area contributed by atoms with Crippen LogP contribution in [-0.2, 0) is 20.7 Å². The van der Waals surface area contributed by atoms with Gasteiger partial charge in [0.05, 0.1) is 18.1 Å². The molecule has 5 rings (SSSR count). The maximum atomic E-state index is 12.6. The first kappa shape index (κ1) is 25.2. The van der Waals surface area contributed by atoms with Gasteiger partial charge in [0.2, 0.25) is 5.90 Å². The number of aliphatic imine (C=N–C) groups is 1. The summed E-state index contributed by atoms with van der Waals surface area (Å²) in [6.45, 7) is 2.20. The van der Waals surface area contributed by atoms with Crippen molar-refractivity contribution in [2.75, 3.05) is 6.61 Å². The van der Waals surface area contributed by atoms with E-state index in [-0.39, 0.29) is 18.0 Å². The number of rotatable bonds is 7. The van der Waals surface area contributed by atoms with Crippen molar-refractivity contribution in [3.05, 3.63) is 97.9 Å². The lowest BCUT2D eigenvalue weighted by Crippen LogP contribution is -2.12. The van der Waals surface area contributed by atoms with Crippen molar-refractivity contribution < 1.29 is 23.8 Å². The van der Waals surface area contributed by atoms with Gasteiger partial charge in [0, 0.05) is 14.6 Å². The first-order valence-corrected chi connectivity index (χ1v) is 13.3. The van der Waals surface area contributed by atoms with Crippen LogP contribution in [0.2, 0.25) is 5.02 Å². The number of benzene rings is 3. The molecule has 0 aliphatic carbocycles. The van der Waals surface area contributed by atoms with Crippen molar-refractivity contribution in [1.29, 1.82) is 0 Å². The van der Waals surface area contributed by atoms with Gasteiger partial charge in [0.1, 0.15) is 4.88 Å². The molecule has 0 saturated carbocycles. The van der Waals surface area contributed by atoms with E-state index < -0.39 is 11.9 Å². The van der Waals surface area contributed by atoms with Crippen molar-refractivity contribution in [1.82, 2.24) is 0 Å². The summed E-state index contributed by atoms with van der Waals surface area (Å²) in [6, 6.07) is 20.1. The maximum absolute atomic E-state index is 12.6. The number of hydrogen-bond acceptors (Lipinski definition) is 7. The quantitative estimate of drug-likeness (QED) is 0.128. The summed E-state index contributed by atoms with van der Waals surface area (Å²) in [5.41, 5.74) is 1.61. The topological polar surface area (TPSA) is 74.2 Å². The smallest absolute Gasteiger partial charge is 0.363 e. The number of carbonyl (C=O) groups is 2. The highest BCUT2D eigenvalue weighted by molar-refractivity contribution is 9.10. The Morgan fingerprint density at radius 2 is 1.92 bits per heavy atom. The maximum Gasteiger partial charge on any atom is 0.363 e. The van der Waals surface area contributed by atoms with E-state index in [9.17, 15) is 9.59 Å². The summed E-state index contributed by atoms with van der Waals surface area (Å²) >= 11 is 11.4. The number of cyclic esters (lactones) is 1. The SMILES string of the molecule is CCOc1cc(/C=C2/N=C(c3sc4cc(Br)ccc4c3Cl)OC2=O)ccc1OC(=O)Cc1ccccc1. The summed E-state index contributed by atoms with van der Waals surface area (Å²) in [5.74, 6) is -0.145. The second kappa shape index (κ2) is 10.9. The molecule has 6 nitrogen and oxygen atoms in total. The van der Waals surface area contributed by atoms with E-state index in [2.05, 4.69) is 20.9 Å². The number of nitrogens with zero attached hydrogens (tertiary/aromatic N) is 1. The van der Waals surface area contributed by atoms with Gasteiger partial charge in [-0.15, -0.1) is 11.3 Å². The molecule has 186 valence electrons. The van der Waals surface area contributed by atoms with Crippen LogP contribution in [0, 0.1) is 0 Å². The molecule has 0 saturated heterocycles. The zero-order valence-corrected chi connectivity index (χ0v) is 22.7. The molecule has 0 unspecified atom stereocenters. The predicted molar refractivity (Wildman–Crippen MR) is 149 cm³/mol. The van der Waals surface area contributed by atoms with Crippen molar-refractivity contribution >= 4 is 72.9 Å². The van der Waals surface area contributed by atoms with Crippen LogP contribution in [0.5, 0.6) is 11.5 Å². The van der Waals surface area contributed by atoms with Crippen LogP contribution in [0.25, 0.3) is 16.2 Å². The lowest BCUT2D eigenvalue weighted by atomic mass is 10.1. The Kier molecular flexibility index (Phi) is 7.41. The van der Waals surface area contributed by atoms with E-state index >= 15 is 0 Å². The standard InChI is InChI=1S/C28H19BrClNO5S/c1-2-34-22-13-17(8-11-21(22)35-24(32)14-16-6-4-3-5-7-16)12-20-28(33)36-27(31-20)26-25(30)19-10-9-18(29)15-23(19)37-26/h3-13,15H,2,14H2,1H3/b20-12+. The van der Waals surface area contributed by atoms with Gasteiger partial charge in [-0.3, -0.25) is 4.79 Å². The van der Waals surface area contributed by atoms with Crippen LogP contribution < -0.4 is 9.47 Å². The summed E-state index contributed by atoms with van der Waals surface area (Å²) in [5, 5.41) is 1.35. The molecule has 3 aromatic carbocycles. The van der Waals surface area contributed by atoms with Crippen LogP contribution in [-0.4, -0.2) is 24.4 Å². The van der Waals surface area contributed by atoms with Crippen molar-refractivity contribution in [2.24, 2.45) is 4.99 Å². The summed E-state index contributed by atoms with van der Waals surface area (Å²) in [7, 11) is 0. The minimum absolute atomic E-state index is 0.126. The average molecular weight is 597 g/mol. The van der Waals surface area contributed by atoms with E-state index in [1.165, 1.54) is 11.3 Å². The Labute approximate surface area is 230 Å². The number of hydrogen-bond donors (Lipinski definition) is 0. The molecule has 0 bridgehead atoms. The van der Waals surface area contributed by atoms with Gasteiger partial charge in [0.15, 0.2) is 17.2 Å². The second-order valence-corrected chi connectivity index (χ2v) is 10.3. The number of thiophene rings is 1. The Bertz CT molecular complexity index is 1580. The Morgan fingerprint density at radius 1 is 1.11 bits per heavy atom. The van der Waals surface area contributed by atoms with E-state index in [4.69, 9.17) is 25.8 Å². The molecule has 2 heterocycles. The fourth-order valence-electron chi connectivity index (χ4n) is 3.73. The number of fused-ring (bicyclic) bond motifs is 1. The monoisotopic (exact) mass is 595 g/mol. The zero-order chi connectivity index (χ0) is 25.9. The number of esters is 2. The van der Waals surface area contributed by atoms with Gasteiger partial charge >= 0.3 is 11.9 Å². The lowest BCUT2D eigenvalue weighted by Gasteiger charge is -2.11. The molecular formula is C28H19BrClNO5S. The summed E-state index contributed by atoms with van der Waals surface area (Å²) in [4.78, 5) is 30.0. The van der Waals surface area contributed by atoms with Crippen LogP contribution in [0.3, 0.4) is 0 Å². The molecule has 0 fully saturated rings. The third-order valence-corrected chi connectivity index (χ3v) is 7.53. The van der Waals surface area contributed by atoms with Gasteiger partial charge in [-0.05, 0) is 48.4 Å². The van der Waals surface area contributed by atoms with Gasteiger partial charge < -0.3 is 14.2 Å². The molecule has 37 heavy (non-hydrogen) atoms. The average Bonchev–Trinajstić information content (AvgIpc) is 3.40. The largest absolute Gasteiger partial charge is 0.490 e. The molecule has 0 spiro atoms. The molecule has 0 amide bonds. The van der Waals surface area contributed by atoms with E-state index in [0.717, 1.165) is 20.1 Å². The first-order valence-electron chi connectivity index (χ1n) is 11.3. The lowest BCUT2D eigenvalue weighted by molar-refractivity contribution is -0.133. The Hall–Kier alpha value is -3.46.